The molecule has 1 aliphatic heterocycles. The molecule has 0 radical (unpaired) electrons. The number of rotatable bonds is 2. The summed E-state index contributed by atoms with van der Waals surface area (Å²) in [5.41, 5.74) is 6.13. The van der Waals surface area contributed by atoms with Gasteiger partial charge in [0.15, 0.2) is 0 Å². The number of nitrogens with two attached hydrogens (primary N) is 1. The van der Waals surface area contributed by atoms with E-state index in [1.165, 1.54) is 0 Å². The molecule has 2 rings (SSSR count). The molecule has 2 N–H and O–H groups in total. The summed E-state index contributed by atoms with van der Waals surface area (Å²) in [7, 11) is 0. The molecule has 0 aliphatic carbocycles. The third-order valence-corrected chi connectivity index (χ3v) is 3.80. The fourth-order valence-corrected chi connectivity index (χ4v) is 2.46. The van der Waals surface area contributed by atoms with E-state index in [1.807, 2.05) is 6.92 Å². The lowest BCUT2D eigenvalue weighted by atomic mass is 9.93. The lowest BCUT2D eigenvalue weighted by Crippen LogP contribution is -2.30. The largest absolute Gasteiger partial charge is 0.376 e. The average molecular weight is 306 g/mol. The Bertz CT molecular complexity index is 427. The highest BCUT2D eigenvalue weighted by atomic mass is 79.9. The maximum Gasteiger partial charge on any atom is 0.137 e. The molecule has 17 heavy (non-hydrogen) atoms. The first-order valence-electron chi connectivity index (χ1n) is 5.52. The van der Waals surface area contributed by atoms with Gasteiger partial charge < -0.3 is 10.5 Å². The van der Waals surface area contributed by atoms with E-state index in [9.17, 15) is 8.78 Å². The van der Waals surface area contributed by atoms with E-state index in [4.69, 9.17) is 10.5 Å². The molecule has 0 spiro atoms. The molecule has 0 aromatic heterocycles. The van der Waals surface area contributed by atoms with Gasteiger partial charge in [-0.2, -0.15) is 0 Å². The standard InChI is InChI=1S/C12H14BrF2NO/c1-6-2-3-17-12(6)11(16)7-4-10(15)8(13)5-9(7)14/h4-6,11-12H,2-3,16H2,1H3. The first-order chi connectivity index (χ1) is 8.00. The number of benzene rings is 1. The van der Waals surface area contributed by atoms with E-state index in [0.29, 0.717) is 6.61 Å². The Kier molecular flexibility index (Phi) is 3.80. The lowest BCUT2D eigenvalue weighted by molar-refractivity contribution is 0.0714. The van der Waals surface area contributed by atoms with Crippen LogP contribution in [0.4, 0.5) is 8.78 Å². The first kappa shape index (κ1) is 12.9. The Morgan fingerprint density at radius 2 is 2.12 bits per heavy atom. The van der Waals surface area contributed by atoms with Crippen LogP contribution in [0.3, 0.4) is 0 Å². The monoisotopic (exact) mass is 305 g/mol. The minimum Gasteiger partial charge on any atom is -0.376 e. The van der Waals surface area contributed by atoms with Gasteiger partial charge in [-0.05, 0) is 40.4 Å². The van der Waals surface area contributed by atoms with Gasteiger partial charge in [-0.25, -0.2) is 8.78 Å². The predicted octanol–water partition coefficient (Wildman–Crippen LogP) is 3.15. The topological polar surface area (TPSA) is 35.2 Å². The second-order valence-electron chi connectivity index (χ2n) is 4.41. The summed E-state index contributed by atoms with van der Waals surface area (Å²) in [6, 6.07) is 1.61. The van der Waals surface area contributed by atoms with Crippen molar-refractivity contribution in [3.05, 3.63) is 33.8 Å². The predicted molar refractivity (Wildman–Crippen MR) is 64.5 cm³/mol. The van der Waals surface area contributed by atoms with Gasteiger partial charge in [0.05, 0.1) is 16.6 Å². The van der Waals surface area contributed by atoms with Crippen LogP contribution in [0, 0.1) is 17.6 Å². The smallest absolute Gasteiger partial charge is 0.137 e. The van der Waals surface area contributed by atoms with E-state index >= 15 is 0 Å². The van der Waals surface area contributed by atoms with Gasteiger partial charge in [-0.1, -0.05) is 6.92 Å². The Labute approximate surface area is 107 Å². The van der Waals surface area contributed by atoms with E-state index in [-0.39, 0.29) is 22.1 Å². The molecular formula is C12H14BrF2NO. The fourth-order valence-electron chi connectivity index (χ4n) is 2.15. The Balaban J connectivity index is 2.30. The molecule has 1 aliphatic rings. The minimum atomic E-state index is -0.630. The van der Waals surface area contributed by atoms with E-state index in [1.54, 1.807) is 0 Å². The maximum atomic E-state index is 13.7. The quantitative estimate of drug-likeness (QED) is 0.852. The Morgan fingerprint density at radius 3 is 2.71 bits per heavy atom. The summed E-state index contributed by atoms with van der Waals surface area (Å²) < 4.78 is 32.7. The van der Waals surface area contributed by atoms with Gasteiger partial charge in [0.1, 0.15) is 11.6 Å². The summed E-state index contributed by atoms with van der Waals surface area (Å²) in [6.45, 7) is 2.63. The molecule has 3 unspecified atom stereocenters. The van der Waals surface area contributed by atoms with Crippen molar-refractivity contribution in [2.75, 3.05) is 6.61 Å². The van der Waals surface area contributed by atoms with Crippen LogP contribution in [0.2, 0.25) is 0 Å². The molecule has 94 valence electrons. The molecule has 1 fully saturated rings. The van der Waals surface area contributed by atoms with Gasteiger partial charge in [-0.15, -0.1) is 0 Å². The number of ether oxygens (including phenoxy) is 1. The second kappa shape index (κ2) is 5.00. The van der Waals surface area contributed by atoms with Gasteiger partial charge >= 0.3 is 0 Å². The highest BCUT2D eigenvalue weighted by Crippen LogP contribution is 2.32. The van der Waals surface area contributed by atoms with Crippen LogP contribution in [-0.4, -0.2) is 12.7 Å². The zero-order valence-corrected chi connectivity index (χ0v) is 11.0. The van der Waals surface area contributed by atoms with Gasteiger partial charge in [0.25, 0.3) is 0 Å². The van der Waals surface area contributed by atoms with Crippen molar-refractivity contribution in [2.45, 2.75) is 25.5 Å². The lowest BCUT2D eigenvalue weighted by Gasteiger charge is -2.23. The van der Waals surface area contributed by atoms with E-state index in [2.05, 4.69) is 15.9 Å². The molecule has 1 aromatic carbocycles. The summed E-state index contributed by atoms with van der Waals surface area (Å²) in [5.74, 6) is -0.757. The molecule has 1 saturated heterocycles. The zero-order valence-electron chi connectivity index (χ0n) is 9.42. The molecule has 0 amide bonds. The molecule has 2 nitrogen and oxygen atoms in total. The number of hydrogen-bond donors (Lipinski definition) is 1. The fraction of sp³-hybridized carbons (Fsp3) is 0.500. The molecule has 1 aromatic rings. The van der Waals surface area contributed by atoms with Crippen molar-refractivity contribution in [3.63, 3.8) is 0 Å². The van der Waals surface area contributed by atoms with Crippen molar-refractivity contribution in [1.82, 2.24) is 0 Å². The van der Waals surface area contributed by atoms with Gasteiger partial charge in [-0.3, -0.25) is 0 Å². The van der Waals surface area contributed by atoms with Gasteiger partial charge in [0.2, 0.25) is 0 Å². The van der Waals surface area contributed by atoms with Crippen LogP contribution in [-0.2, 0) is 4.74 Å². The van der Waals surface area contributed by atoms with Crippen molar-refractivity contribution in [2.24, 2.45) is 11.7 Å². The van der Waals surface area contributed by atoms with Crippen LogP contribution < -0.4 is 5.73 Å². The van der Waals surface area contributed by atoms with Crippen molar-refractivity contribution in [3.8, 4) is 0 Å². The first-order valence-corrected chi connectivity index (χ1v) is 6.31. The molecule has 1 heterocycles. The minimum absolute atomic E-state index is 0.103. The molecule has 0 saturated carbocycles. The number of halogens is 3. The highest BCUT2D eigenvalue weighted by molar-refractivity contribution is 9.10. The summed E-state index contributed by atoms with van der Waals surface area (Å²) in [4.78, 5) is 0. The van der Waals surface area contributed by atoms with Crippen molar-refractivity contribution in [1.29, 1.82) is 0 Å². The third kappa shape index (κ3) is 2.51. The Morgan fingerprint density at radius 1 is 1.41 bits per heavy atom. The normalized spacial score (nSPS) is 26.2. The third-order valence-electron chi connectivity index (χ3n) is 3.20. The maximum absolute atomic E-state index is 13.7. The van der Waals surface area contributed by atoms with E-state index in [0.717, 1.165) is 18.6 Å². The van der Waals surface area contributed by atoms with Crippen molar-refractivity contribution < 1.29 is 13.5 Å². The van der Waals surface area contributed by atoms with Crippen LogP contribution >= 0.6 is 15.9 Å². The van der Waals surface area contributed by atoms with Crippen molar-refractivity contribution >= 4 is 15.9 Å². The summed E-state index contributed by atoms with van der Waals surface area (Å²) in [6.07, 6.45) is 0.656. The molecular weight excluding hydrogens is 292 g/mol. The highest BCUT2D eigenvalue weighted by Gasteiger charge is 2.32. The number of hydrogen-bond acceptors (Lipinski definition) is 2. The van der Waals surface area contributed by atoms with E-state index < -0.39 is 17.7 Å². The van der Waals surface area contributed by atoms with Crippen LogP contribution in [0.15, 0.2) is 16.6 Å². The summed E-state index contributed by atoms with van der Waals surface area (Å²) >= 11 is 2.94. The molecule has 5 heteroatoms. The Hall–Kier alpha value is -0.520. The van der Waals surface area contributed by atoms with Crippen LogP contribution in [0.1, 0.15) is 24.9 Å². The second-order valence-corrected chi connectivity index (χ2v) is 5.27. The van der Waals surface area contributed by atoms with Gasteiger partial charge in [0, 0.05) is 12.2 Å². The summed E-state index contributed by atoms with van der Waals surface area (Å²) in [5, 5.41) is 0. The zero-order chi connectivity index (χ0) is 12.6. The van der Waals surface area contributed by atoms with Crippen LogP contribution in [0.5, 0.6) is 0 Å². The molecule has 3 atom stereocenters. The van der Waals surface area contributed by atoms with Crippen LogP contribution in [0.25, 0.3) is 0 Å². The average Bonchev–Trinajstić information content (AvgIpc) is 2.69. The molecule has 0 bridgehead atoms. The SMILES string of the molecule is CC1CCOC1C(N)c1cc(F)c(Br)cc1F.